The maximum atomic E-state index is 13.1. The van der Waals surface area contributed by atoms with Crippen molar-refractivity contribution in [1.82, 2.24) is 35.3 Å². The maximum absolute atomic E-state index is 13.1. The smallest absolute Gasteiger partial charge is 0.406 e. The van der Waals surface area contributed by atoms with Crippen molar-refractivity contribution in [3.05, 3.63) is 90.1 Å². The Morgan fingerprint density at radius 2 is 1.82 bits per heavy atom. The summed E-state index contributed by atoms with van der Waals surface area (Å²) in [6.07, 6.45) is 0.920. The second kappa shape index (κ2) is 10.9. The first-order valence-electron chi connectivity index (χ1n) is 11.4. The summed E-state index contributed by atoms with van der Waals surface area (Å²) >= 11 is 1.27. The molecule has 0 aliphatic carbocycles. The SMILES string of the molecule is O=C(NCCc1c[nH]c2ccccc12)c1nnn(-c2ccc(OC(F)(F)F)cc2)c1CSc1ncccn1. The molecule has 0 fully saturated rings. The molecule has 0 saturated carbocycles. The van der Waals surface area contributed by atoms with Crippen LogP contribution in [0.2, 0.25) is 0 Å². The van der Waals surface area contributed by atoms with Gasteiger partial charge in [0.05, 0.1) is 11.4 Å². The van der Waals surface area contributed by atoms with Gasteiger partial charge >= 0.3 is 6.36 Å². The average Bonchev–Trinajstić information content (AvgIpc) is 3.52. The summed E-state index contributed by atoms with van der Waals surface area (Å²) < 4.78 is 43.0. The molecular formula is C25H20F3N7O2S. The van der Waals surface area contributed by atoms with Gasteiger partial charge < -0.3 is 15.0 Å². The average molecular weight is 540 g/mol. The van der Waals surface area contributed by atoms with Crippen LogP contribution in [0.5, 0.6) is 5.75 Å². The van der Waals surface area contributed by atoms with Crippen molar-refractivity contribution in [3.63, 3.8) is 0 Å². The highest BCUT2D eigenvalue weighted by Gasteiger charge is 2.31. The van der Waals surface area contributed by atoms with Crippen LogP contribution in [0.15, 0.2) is 78.3 Å². The minimum atomic E-state index is -4.80. The number of halogens is 3. The fourth-order valence-electron chi connectivity index (χ4n) is 3.83. The molecule has 2 aromatic carbocycles. The monoisotopic (exact) mass is 539 g/mol. The Morgan fingerprint density at radius 3 is 2.58 bits per heavy atom. The highest BCUT2D eigenvalue weighted by atomic mass is 32.2. The normalized spacial score (nSPS) is 11.6. The number of alkyl halides is 3. The lowest BCUT2D eigenvalue weighted by molar-refractivity contribution is -0.274. The molecule has 0 bridgehead atoms. The molecule has 0 aliphatic heterocycles. The first-order valence-corrected chi connectivity index (χ1v) is 12.4. The van der Waals surface area contributed by atoms with Crippen LogP contribution < -0.4 is 10.1 Å². The van der Waals surface area contributed by atoms with E-state index in [0.717, 1.165) is 16.5 Å². The molecule has 0 atom stereocenters. The quantitative estimate of drug-likeness (QED) is 0.206. The molecule has 0 radical (unpaired) electrons. The van der Waals surface area contributed by atoms with Crippen molar-refractivity contribution in [2.45, 2.75) is 23.7 Å². The number of para-hydroxylation sites is 1. The largest absolute Gasteiger partial charge is 0.573 e. The van der Waals surface area contributed by atoms with E-state index in [0.29, 0.717) is 29.5 Å². The summed E-state index contributed by atoms with van der Waals surface area (Å²) in [6, 6.07) is 14.7. The Hall–Kier alpha value is -4.39. The Bertz CT molecular complexity index is 1540. The van der Waals surface area contributed by atoms with Gasteiger partial charge in [-0.05, 0) is 48.4 Å². The van der Waals surface area contributed by atoms with E-state index >= 15 is 0 Å². The molecule has 5 aromatic rings. The molecule has 0 unspecified atom stereocenters. The number of hydrogen-bond donors (Lipinski definition) is 2. The predicted octanol–water partition coefficient (Wildman–Crippen LogP) is 4.70. The molecule has 3 heterocycles. The van der Waals surface area contributed by atoms with Crippen LogP contribution in [0.3, 0.4) is 0 Å². The second-order valence-corrected chi connectivity index (χ2v) is 8.97. The molecule has 9 nitrogen and oxygen atoms in total. The number of nitrogens with zero attached hydrogens (tertiary/aromatic N) is 5. The summed E-state index contributed by atoms with van der Waals surface area (Å²) in [7, 11) is 0. The number of aromatic nitrogens is 6. The summed E-state index contributed by atoms with van der Waals surface area (Å²) in [5.74, 6) is -0.550. The highest BCUT2D eigenvalue weighted by Crippen LogP contribution is 2.26. The molecule has 0 spiro atoms. The Kier molecular flexibility index (Phi) is 7.26. The van der Waals surface area contributed by atoms with Gasteiger partial charge in [0.2, 0.25) is 0 Å². The highest BCUT2D eigenvalue weighted by molar-refractivity contribution is 7.98. The number of rotatable bonds is 9. The van der Waals surface area contributed by atoms with Gasteiger partial charge in [0.25, 0.3) is 5.91 Å². The molecule has 0 aliphatic rings. The lowest BCUT2D eigenvalue weighted by Crippen LogP contribution is -2.27. The fraction of sp³-hybridized carbons (Fsp3) is 0.160. The van der Waals surface area contributed by atoms with Gasteiger partial charge in [-0.15, -0.1) is 18.3 Å². The summed E-state index contributed by atoms with van der Waals surface area (Å²) in [5, 5.41) is 12.6. The number of nitrogens with one attached hydrogen (secondary N) is 2. The zero-order valence-corrected chi connectivity index (χ0v) is 20.5. The van der Waals surface area contributed by atoms with E-state index in [1.54, 1.807) is 18.5 Å². The molecule has 1 amide bonds. The molecule has 13 heteroatoms. The molecule has 5 rings (SSSR count). The first-order chi connectivity index (χ1) is 18.4. The van der Waals surface area contributed by atoms with Gasteiger partial charge in [-0.2, -0.15) is 0 Å². The summed E-state index contributed by atoms with van der Waals surface area (Å²) in [5.41, 5.74) is 3.04. The van der Waals surface area contributed by atoms with E-state index in [1.807, 2.05) is 30.5 Å². The van der Waals surface area contributed by atoms with Crippen LogP contribution in [0.25, 0.3) is 16.6 Å². The van der Waals surface area contributed by atoms with Crippen LogP contribution in [-0.4, -0.2) is 48.8 Å². The Morgan fingerprint density at radius 1 is 1.05 bits per heavy atom. The van der Waals surface area contributed by atoms with Crippen LogP contribution in [0.1, 0.15) is 21.7 Å². The molecule has 0 saturated heterocycles. The number of hydrogen-bond acceptors (Lipinski definition) is 7. The van der Waals surface area contributed by atoms with Crippen LogP contribution in [-0.2, 0) is 12.2 Å². The number of carbonyl (C=O) groups is 1. The van der Waals surface area contributed by atoms with Crippen molar-refractivity contribution in [3.8, 4) is 11.4 Å². The maximum Gasteiger partial charge on any atom is 0.573 e. The van der Waals surface area contributed by atoms with E-state index in [9.17, 15) is 18.0 Å². The van der Waals surface area contributed by atoms with E-state index in [4.69, 9.17) is 0 Å². The number of H-pyrrole nitrogens is 1. The van der Waals surface area contributed by atoms with Gasteiger partial charge in [0.15, 0.2) is 10.9 Å². The van der Waals surface area contributed by atoms with Crippen LogP contribution in [0.4, 0.5) is 13.2 Å². The van der Waals surface area contributed by atoms with Gasteiger partial charge in [-0.3, -0.25) is 4.79 Å². The van der Waals surface area contributed by atoms with Gasteiger partial charge in [0, 0.05) is 41.8 Å². The second-order valence-electron chi connectivity index (χ2n) is 8.02. The number of carbonyl (C=O) groups excluding carboxylic acids is 1. The topological polar surface area (TPSA) is 111 Å². The van der Waals surface area contributed by atoms with Gasteiger partial charge in [0.1, 0.15) is 5.75 Å². The molecule has 38 heavy (non-hydrogen) atoms. The van der Waals surface area contributed by atoms with Crippen LogP contribution in [0, 0.1) is 0 Å². The Balaban J connectivity index is 1.35. The minimum Gasteiger partial charge on any atom is -0.406 e. The predicted molar refractivity (Wildman–Crippen MR) is 134 cm³/mol. The third-order valence-electron chi connectivity index (χ3n) is 5.53. The van der Waals surface area contributed by atoms with Crippen LogP contribution >= 0.6 is 11.8 Å². The number of benzene rings is 2. The molecule has 2 N–H and O–H groups in total. The molecule has 3 aromatic heterocycles. The molecule has 194 valence electrons. The van der Waals surface area contributed by atoms with Gasteiger partial charge in [-0.25, -0.2) is 14.6 Å². The van der Waals surface area contributed by atoms with Gasteiger partial charge in [-0.1, -0.05) is 35.2 Å². The Labute approximate surface area is 218 Å². The third-order valence-corrected chi connectivity index (χ3v) is 6.41. The number of thioether (sulfide) groups is 1. The zero-order valence-electron chi connectivity index (χ0n) is 19.6. The van der Waals surface area contributed by atoms with Crippen molar-refractivity contribution in [1.29, 1.82) is 0 Å². The summed E-state index contributed by atoms with van der Waals surface area (Å²) in [4.78, 5) is 24.7. The lowest BCUT2D eigenvalue weighted by Gasteiger charge is -2.11. The van der Waals surface area contributed by atoms with E-state index in [2.05, 4.69) is 35.3 Å². The van der Waals surface area contributed by atoms with Crippen molar-refractivity contribution < 1.29 is 22.7 Å². The number of fused-ring (bicyclic) bond motifs is 1. The summed E-state index contributed by atoms with van der Waals surface area (Å²) in [6.45, 7) is 0.366. The van der Waals surface area contributed by atoms with E-state index in [-0.39, 0.29) is 17.2 Å². The number of amides is 1. The zero-order chi connectivity index (χ0) is 26.5. The fourth-order valence-corrected chi connectivity index (χ4v) is 4.63. The van der Waals surface area contributed by atoms with E-state index < -0.39 is 12.3 Å². The lowest BCUT2D eigenvalue weighted by atomic mass is 10.1. The standard InChI is InChI=1S/C25H20F3N7O2S/c26-25(27,28)37-18-8-6-17(7-9-18)35-21(15-38-24-30-11-3-12-31-24)22(33-34-35)23(36)29-13-10-16-14-32-20-5-2-1-4-19(16)20/h1-9,11-12,14,32H,10,13,15H2,(H,29,36). The number of aromatic amines is 1. The minimum absolute atomic E-state index is 0.1000. The van der Waals surface area contributed by atoms with Crippen molar-refractivity contribution >= 4 is 28.6 Å². The number of ether oxygens (including phenoxy) is 1. The van der Waals surface area contributed by atoms with E-state index in [1.165, 1.54) is 40.7 Å². The van der Waals surface area contributed by atoms with Crippen molar-refractivity contribution in [2.24, 2.45) is 0 Å². The van der Waals surface area contributed by atoms with Crippen molar-refractivity contribution in [2.75, 3.05) is 6.54 Å². The third kappa shape index (κ3) is 5.94. The first kappa shape index (κ1) is 25.3. The molecular weight excluding hydrogens is 519 g/mol.